The molecule has 0 heteroatoms. The fourth-order valence-electron chi connectivity index (χ4n) is 1.95. The summed E-state index contributed by atoms with van der Waals surface area (Å²) >= 11 is 0. The Balaban J connectivity index is 3.19. The molecular formula is C17H22. The maximum atomic E-state index is 3.79. The Morgan fingerprint density at radius 2 is 2.24 bits per heavy atom. The number of hydrogen-bond acceptors (Lipinski definition) is 0. The Morgan fingerprint density at radius 3 is 2.82 bits per heavy atom. The van der Waals surface area contributed by atoms with Crippen molar-refractivity contribution in [1.29, 1.82) is 0 Å². The highest BCUT2D eigenvalue weighted by Gasteiger charge is 2.09. The maximum absolute atomic E-state index is 3.79. The molecule has 0 amide bonds. The molecule has 0 aromatic heterocycles. The summed E-state index contributed by atoms with van der Waals surface area (Å²) in [5.74, 6) is 0.525. The van der Waals surface area contributed by atoms with Crippen LogP contribution in [0.5, 0.6) is 0 Å². The fraction of sp³-hybridized carbons (Fsp3) is 0.294. The Labute approximate surface area is 105 Å². The first-order valence-corrected chi connectivity index (χ1v) is 6.26. The van der Waals surface area contributed by atoms with Crippen molar-refractivity contribution in [3.05, 3.63) is 71.9 Å². The van der Waals surface area contributed by atoms with E-state index in [-0.39, 0.29) is 0 Å². The van der Waals surface area contributed by atoms with Gasteiger partial charge in [0.1, 0.15) is 0 Å². The summed E-state index contributed by atoms with van der Waals surface area (Å²) in [4.78, 5) is 0. The molecule has 0 heterocycles. The summed E-state index contributed by atoms with van der Waals surface area (Å²) in [6.07, 6.45) is 18.2. The second-order valence-electron chi connectivity index (χ2n) is 4.24. The predicted octanol–water partition coefficient (Wildman–Crippen LogP) is 5.14. The van der Waals surface area contributed by atoms with Crippen LogP contribution in [0, 0.1) is 5.92 Å². The molecular weight excluding hydrogens is 204 g/mol. The summed E-state index contributed by atoms with van der Waals surface area (Å²) in [5, 5.41) is 0. The van der Waals surface area contributed by atoms with Gasteiger partial charge in [-0.15, -0.1) is 0 Å². The zero-order chi connectivity index (χ0) is 12.7. The molecule has 0 saturated carbocycles. The molecule has 0 spiro atoms. The van der Waals surface area contributed by atoms with Crippen LogP contribution in [0.2, 0.25) is 0 Å². The SMILES string of the molecule is C=C/C=C(\C=C/C)C1=CC(CC)C=CC=C1C. The van der Waals surface area contributed by atoms with Crippen molar-refractivity contribution in [2.24, 2.45) is 5.92 Å². The van der Waals surface area contributed by atoms with E-state index in [0.717, 1.165) is 6.42 Å². The van der Waals surface area contributed by atoms with Crippen LogP contribution in [0.1, 0.15) is 27.2 Å². The third-order valence-electron chi connectivity index (χ3n) is 2.94. The fourth-order valence-corrected chi connectivity index (χ4v) is 1.95. The minimum absolute atomic E-state index is 0.525. The van der Waals surface area contributed by atoms with Gasteiger partial charge in [-0.3, -0.25) is 0 Å². The van der Waals surface area contributed by atoms with Crippen LogP contribution in [0.25, 0.3) is 0 Å². The van der Waals surface area contributed by atoms with E-state index in [0.29, 0.717) is 5.92 Å². The van der Waals surface area contributed by atoms with Crippen LogP contribution in [-0.2, 0) is 0 Å². The third kappa shape index (κ3) is 3.74. The van der Waals surface area contributed by atoms with E-state index in [1.54, 1.807) is 0 Å². The topological polar surface area (TPSA) is 0 Å². The lowest BCUT2D eigenvalue weighted by molar-refractivity contribution is 0.771. The Morgan fingerprint density at radius 1 is 1.47 bits per heavy atom. The van der Waals surface area contributed by atoms with E-state index in [1.165, 1.54) is 16.7 Å². The molecule has 0 nitrogen and oxygen atoms in total. The summed E-state index contributed by atoms with van der Waals surface area (Å²) in [6, 6.07) is 0. The number of allylic oxidation sites excluding steroid dienone is 11. The molecule has 0 bridgehead atoms. The van der Waals surface area contributed by atoms with Crippen LogP contribution in [0.4, 0.5) is 0 Å². The van der Waals surface area contributed by atoms with Crippen molar-refractivity contribution in [3.8, 4) is 0 Å². The summed E-state index contributed by atoms with van der Waals surface area (Å²) in [6.45, 7) is 10.2. The van der Waals surface area contributed by atoms with Crippen molar-refractivity contribution in [2.75, 3.05) is 0 Å². The highest BCUT2D eigenvalue weighted by molar-refractivity contribution is 5.54. The zero-order valence-electron chi connectivity index (χ0n) is 11.1. The van der Waals surface area contributed by atoms with Gasteiger partial charge in [0.2, 0.25) is 0 Å². The van der Waals surface area contributed by atoms with Crippen molar-refractivity contribution < 1.29 is 0 Å². The monoisotopic (exact) mass is 226 g/mol. The van der Waals surface area contributed by atoms with Gasteiger partial charge in [-0.05, 0) is 42.9 Å². The number of rotatable bonds is 4. The van der Waals surface area contributed by atoms with E-state index in [2.05, 4.69) is 63.0 Å². The molecule has 0 aliphatic heterocycles. The van der Waals surface area contributed by atoms with Gasteiger partial charge in [0.05, 0.1) is 0 Å². The number of hydrogen-bond donors (Lipinski definition) is 0. The largest absolute Gasteiger partial charge is 0.0990 e. The van der Waals surface area contributed by atoms with Gasteiger partial charge in [0, 0.05) is 0 Å². The minimum Gasteiger partial charge on any atom is -0.0990 e. The Hall–Kier alpha value is -1.56. The quantitative estimate of drug-likeness (QED) is 0.582. The maximum Gasteiger partial charge on any atom is -0.00437 e. The van der Waals surface area contributed by atoms with Gasteiger partial charge in [-0.25, -0.2) is 0 Å². The van der Waals surface area contributed by atoms with Crippen molar-refractivity contribution in [2.45, 2.75) is 27.2 Å². The second kappa shape index (κ2) is 6.90. The lowest BCUT2D eigenvalue weighted by Gasteiger charge is -2.11. The van der Waals surface area contributed by atoms with Crippen molar-refractivity contribution in [3.63, 3.8) is 0 Å². The van der Waals surface area contributed by atoms with Crippen LogP contribution in [0.3, 0.4) is 0 Å². The van der Waals surface area contributed by atoms with E-state index < -0.39 is 0 Å². The summed E-state index contributed by atoms with van der Waals surface area (Å²) in [5.41, 5.74) is 3.86. The van der Waals surface area contributed by atoms with E-state index in [9.17, 15) is 0 Å². The molecule has 0 aromatic rings. The second-order valence-corrected chi connectivity index (χ2v) is 4.24. The smallest absolute Gasteiger partial charge is 0.00437 e. The summed E-state index contributed by atoms with van der Waals surface area (Å²) in [7, 11) is 0. The molecule has 90 valence electrons. The molecule has 1 aliphatic carbocycles. The van der Waals surface area contributed by atoms with Crippen LogP contribution in [0.15, 0.2) is 71.9 Å². The van der Waals surface area contributed by atoms with Gasteiger partial charge in [0.15, 0.2) is 0 Å². The van der Waals surface area contributed by atoms with E-state index in [1.807, 2.05) is 13.0 Å². The first-order chi connectivity index (χ1) is 8.22. The van der Waals surface area contributed by atoms with Gasteiger partial charge in [-0.2, -0.15) is 0 Å². The highest BCUT2D eigenvalue weighted by atomic mass is 14.1. The first-order valence-electron chi connectivity index (χ1n) is 6.26. The molecule has 0 saturated heterocycles. The standard InChI is InChI=1S/C17H22/c1-5-9-16(10-6-2)17-13-15(7-3)12-8-11-14(17)4/h5-6,8-13,15H,1,7H2,2-4H3/b10-6-,16-9+. The molecule has 17 heavy (non-hydrogen) atoms. The lowest BCUT2D eigenvalue weighted by Crippen LogP contribution is -1.94. The van der Waals surface area contributed by atoms with Crippen LogP contribution in [-0.4, -0.2) is 0 Å². The van der Waals surface area contributed by atoms with Gasteiger partial charge < -0.3 is 0 Å². The molecule has 0 aromatic carbocycles. The van der Waals surface area contributed by atoms with Gasteiger partial charge in [0.25, 0.3) is 0 Å². The molecule has 1 unspecified atom stereocenters. The summed E-state index contributed by atoms with van der Waals surface area (Å²) < 4.78 is 0. The van der Waals surface area contributed by atoms with Gasteiger partial charge >= 0.3 is 0 Å². The molecule has 0 fully saturated rings. The van der Waals surface area contributed by atoms with E-state index >= 15 is 0 Å². The Kier molecular flexibility index (Phi) is 5.48. The van der Waals surface area contributed by atoms with Gasteiger partial charge in [-0.1, -0.05) is 62.1 Å². The molecule has 1 rings (SSSR count). The lowest BCUT2D eigenvalue weighted by atomic mass is 9.94. The average molecular weight is 226 g/mol. The highest BCUT2D eigenvalue weighted by Crippen LogP contribution is 2.26. The third-order valence-corrected chi connectivity index (χ3v) is 2.94. The molecule has 0 radical (unpaired) electrons. The Bertz CT molecular complexity index is 411. The van der Waals surface area contributed by atoms with Crippen molar-refractivity contribution in [1.82, 2.24) is 0 Å². The normalized spacial score (nSPS) is 21.1. The molecule has 1 aliphatic rings. The average Bonchev–Trinajstić information content (AvgIpc) is 2.51. The van der Waals surface area contributed by atoms with E-state index in [4.69, 9.17) is 0 Å². The zero-order valence-corrected chi connectivity index (χ0v) is 11.1. The van der Waals surface area contributed by atoms with Crippen molar-refractivity contribution >= 4 is 0 Å². The van der Waals surface area contributed by atoms with Crippen LogP contribution >= 0.6 is 0 Å². The van der Waals surface area contributed by atoms with Crippen LogP contribution < -0.4 is 0 Å². The molecule has 1 atom stereocenters. The molecule has 0 N–H and O–H groups in total. The minimum atomic E-state index is 0.525. The predicted molar refractivity (Wildman–Crippen MR) is 77.9 cm³/mol. The first kappa shape index (κ1) is 13.5.